The maximum absolute atomic E-state index is 4.53. The van der Waals surface area contributed by atoms with E-state index in [9.17, 15) is 0 Å². The van der Waals surface area contributed by atoms with E-state index in [1.165, 1.54) is 24.4 Å². The van der Waals surface area contributed by atoms with E-state index in [0.717, 1.165) is 16.9 Å². The van der Waals surface area contributed by atoms with Crippen LogP contribution in [0.25, 0.3) is 0 Å². The predicted molar refractivity (Wildman–Crippen MR) is 64.4 cm³/mol. The first kappa shape index (κ1) is 10.9. The summed E-state index contributed by atoms with van der Waals surface area (Å²) in [6.45, 7) is 8.67. The van der Waals surface area contributed by atoms with Crippen molar-refractivity contribution in [2.45, 2.75) is 52.0 Å². The second-order valence-electron chi connectivity index (χ2n) is 5.33. The van der Waals surface area contributed by atoms with Gasteiger partial charge in [-0.3, -0.25) is 0 Å². The van der Waals surface area contributed by atoms with E-state index in [2.05, 4.69) is 42.4 Å². The summed E-state index contributed by atoms with van der Waals surface area (Å²) in [6, 6.07) is 0.649. The van der Waals surface area contributed by atoms with Gasteiger partial charge in [-0.2, -0.15) is 4.37 Å². The van der Waals surface area contributed by atoms with Gasteiger partial charge in [0.25, 0.3) is 0 Å². The van der Waals surface area contributed by atoms with Crippen LogP contribution in [0.2, 0.25) is 0 Å². The van der Waals surface area contributed by atoms with Crippen molar-refractivity contribution in [2.24, 2.45) is 5.92 Å². The van der Waals surface area contributed by atoms with Crippen molar-refractivity contribution < 1.29 is 0 Å². The number of anilines is 1. The first-order valence-electron chi connectivity index (χ1n) is 5.61. The third-order valence-electron chi connectivity index (χ3n) is 2.85. The van der Waals surface area contributed by atoms with Crippen molar-refractivity contribution >= 4 is 16.7 Å². The first-order valence-corrected chi connectivity index (χ1v) is 6.38. The molecule has 1 aliphatic carbocycles. The minimum Gasteiger partial charge on any atom is -0.357 e. The fourth-order valence-corrected chi connectivity index (χ4v) is 2.44. The van der Waals surface area contributed by atoms with Crippen LogP contribution < -0.4 is 5.32 Å². The van der Waals surface area contributed by atoms with Crippen LogP contribution in [0.3, 0.4) is 0 Å². The molecule has 0 aromatic carbocycles. The Morgan fingerprint density at radius 1 is 1.47 bits per heavy atom. The highest BCUT2D eigenvalue weighted by Gasteiger charge is 2.36. The van der Waals surface area contributed by atoms with Crippen molar-refractivity contribution in [3.63, 3.8) is 0 Å². The molecular formula is C11H19N3S. The molecule has 1 saturated carbocycles. The molecule has 1 aromatic rings. The van der Waals surface area contributed by atoms with Crippen LogP contribution in [0.4, 0.5) is 5.13 Å². The molecule has 0 saturated heterocycles. The van der Waals surface area contributed by atoms with Crippen molar-refractivity contribution in [2.75, 3.05) is 5.32 Å². The fourth-order valence-electron chi connectivity index (χ4n) is 1.62. The van der Waals surface area contributed by atoms with Crippen LogP contribution in [0, 0.1) is 5.92 Å². The molecular weight excluding hydrogens is 206 g/mol. The van der Waals surface area contributed by atoms with Crippen LogP contribution >= 0.6 is 11.5 Å². The summed E-state index contributed by atoms with van der Waals surface area (Å²) in [5, 5.41) is 4.44. The van der Waals surface area contributed by atoms with E-state index in [4.69, 9.17) is 0 Å². The molecule has 0 spiro atoms. The van der Waals surface area contributed by atoms with Crippen LogP contribution in [0.15, 0.2) is 0 Å². The quantitative estimate of drug-likeness (QED) is 0.859. The lowest BCUT2D eigenvalue weighted by Crippen LogP contribution is -2.13. The number of nitrogens with one attached hydrogen (secondary N) is 1. The predicted octanol–water partition coefficient (Wildman–Crippen LogP) is 3.05. The summed E-state index contributed by atoms with van der Waals surface area (Å²) in [5.41, 5.74) is 0.0597. The van der Waals surface area contributed by atoms with E-state index in [-0.39, 0.29) is 5.41 Å². The minimum absolute atomic E-state index is 0.0597. The second-order valence-corrected chi connectivity index (χ2v) is 6.08. The lowest BCUT2D eigenvalue weighted by Gasteiger charge is -2.12. The lowest BCUT2D eigenvalue weighted by molar-refractivity contribution is 0.555. The highest BCUT2D eigenvalue weighted by atomic mass is 32.1. The van der Waals surface area contributed by atoms with Crippen LogP contribution in [0.5, 0.6) is 0 Å². The summed E-state index contributed by atoms with van der Waals surface area (Å²) in [5.74, 6) is 1.80. The third kappa shape index (κ3) is 2.48. The number of rotatable bonds is 3. The Morgan fingerprint density at radius 2 is 2.20 bits per heavy atom. The summed E-state index contributed by atoms with van der Waals surface area (Å²) >= 11 is 1.49. The molecule has 1 fully saturated rings. The van der Waals surface area contributed by atoms with Gasteiger partial charge in [-0.05, 0) is 12.3 Å². The number of nitrogens with zero attached hydrogens (tertiary/aromatic N) is 2. The van der Waals surface area contributed by atoms with Gasteiger partial charge in [0.2, 0.25) is 5.13 Å². The van der Waals surface area contributed by atoms with Gasteiger partial charge in [-0.25, -0.2) is 4.98 Å². The van der Waals surface area contributed by atoms with E-state index >= 15 is 0 Å². The molecule has 84 valence electrons. The van der Waals surface area contributed by atoms with Crippen LogP contribution in [-0.2, 0) is 5.41 Å². The van der Waals surface area contributed by atoms with E-state index < -0.39 is 0 Å². The van der Waals surface area contributed by atoms with E-state index in [0.29, 0.717) is 6.04 Å². The molecule has 2 atom stereocenters. The largest absolute Gasteiger partial charge is 0.357 e. The van der Waals surface area contributed by atoms with Gasteiger partial charge in [-0.15, -0.1) is 0 Å². The molecule has 2 rings (SSSR count). The fraction of sp³-hybridized carbons (Fsp3) is 0.818. The van der Waals surface area contributed by atoms with Gasteiger partial charge >= 0.3 is 0 Å². The zero-order valence-corrected chi connectivity index (χ0v) is 10.7. The summed E-state index contributed by atoms with van der Waals surface area (Å²) in [6.07, 6.45) is 2.56. The van der Waals surface area contributed by atoms with Crippen molar-refractivity contribution in [1.82, 2.24) is 9.36 Å². The summed E-state index contributed by atoms with van der Waals surface area (Å²) < 4.78 is 4.39. The SMILES string of the molecule is CCC1CC1Nc1nc(C(C)(C)C)ns1. The molecule has 1 aliphatic rings. The second kappa shape index (κ2) is 3.74. The van der Waals surface area contributed by atoms with E-state index in [1.54, 1.807) is 0 Å². The van der Waals surface area contributed by atoms with Crippen molar-refractivity contribution in [3.05, 3.63) is 5.82 Å². The van der Waals surface area contributed by atoms with Gasteiger partial charge < -0.3 is 5.32 Å². The Hall–Kier alpha value is -0.640. The Labute approximate surface area is 95.5 Å². The normalized spacial score (nSPS) is 25.3. The van der Waals surface area contributed by atoms with Crippen LogP contribution in [-0.4, -0.2) is 15.4 Å². The Morgan fingerprint density at radius 3 is 2.67 bits per heavy atom. The molecule has 1 heterocycles. The smallest absolute Gasteiger partial charge is 0.202 e. The monoisotopic (exact) mass is 225 g/mol. The van der Waals surface area contributed by atoms with Crippen molar-refractivity contribution in [3.8, 4) is 0 Å². The molecule has 4 heteroatoms. The zero-order valence-electron chi connectivity index (χ0n) is 9.87. The number of aromatic nitrogens is 2. The molecule has 1 aromatic heterocycles. The van der Waals surface area contributed by atoms with Crippen LogP contribution in [0.1, 0.15) is 46.4 Å². The summed E-state index contributed by atoms with van der Waals surface area (Å²) in [7, 11) is 0. The van der Waals surface area contributed by atoms with Gasteiger partial charge in [0.05, 0.1) is 0 Å². The van der Waals surface area contributed by atoms with E-state index in [1.807, 2.05) is 0 Å². The van der Waals surface area contributed by atoms with Gasteiger partial charge in [0, 0.05) is 23.0 Å². The Bertz CT molecular complexity index is 340. The average Bonchev–Trinajstić information content (AvgIpc) is 2.69. The van der Waals surface area contributed by atoms with Gasteiger partial charge in [-0.1, -0.05) is 34.1 Å². The number of hydrogen-bond donors (Lipinski definition) is 1. The van der Waals surface area contributed by atoms with Gasteiger partial charge in [0.15, 0.2) is 0 Å². The standard InChI is InChI=1S/C11H19N3S/c1-5-7-6-8(7)12-10-13-9(14-15-10)11(2,3)4/h7-8H,5-6H2,1-4H3,(H,12,13,14). The maximum Gasteiger partial charge on any atom is 0.202 e. The molecule has 0 amide bonds. The molecule has 0 aliphatic heterocycles. The molecule has 15 heavy (non-hydrogen) atoms. The highest BCUT2D eigenvalue weighted by Crippen LogP contribution is 2.36. The zero-order chi connectivity index (χ0) is 11.1. The molecule has 3 nitrogen and oxygen atoms in total. The number of hydrogen-bond acceptors (Lipinski definition) is 4. The topological polar surface area (TPSA) is 37.8 Å². The summed E-state index contributed by atoms with van der Waals surface area (Å²) in [4.78, 5) is 4.53. The molecule has 1 N–H and O–H groups in total. The Balaban J connectivity index is 1.96. The lowest BCUT2D eigenvalue weighted by atomic mass is 9.96. The molecule has 0 bridgehead atoms. The first-order chi connectivity index (χ1) is 7.00. The van der Waals surface area contributed by atoms with Gasteiger partial charge in [0.1, 0.15) is 5.82 Å². The van der Waals surface area contributed by atoms with Crippen molar-refractivity contribution in [1.29, 1.82) is 0 Å². The minimum atomic E-state index is 0.0597. The molecule has 2 unspecified atom stereocenters. The molecule has 0 radical (unpaired) electrons. The highest BCUT2D eigenvalue weighted by molar-refractivity contribution is 7.09. The maximum atomic E-state index is 4.53. The third-order valence-corrected chi connectivity index (χ3v) is 3.50. The Kier molecular flexibility index (Phi) is 2.71. The average molecular weight is 225 g/mol.